The molecule has 0 aromatic heterocycles. The zero-order chi connectivity index (χ0) is 22.8. The van der Waals surface area contributed by atoms with Gasteiger partial charge in [-0.05, 0) is 47.4 Å². The molecule has 0 heterocycles. The van der Waals surface area contributed by atoms with E-state index in [2.05, 4.69) is 106 Å². The van der Waals surface area contributed by atoms with Crippen LogP contribution < -0.4 is 10.4 Å². The smallest absolute Gasteiger partial charge is 0.338 e. The van der Waals surface area contributed by atoms with Crippen LogP contribution in [0.5, 0.6) is 0 Å². The van der Waals surface area contributed by atoms with E-state index in [0.29, 0.717) is 18.4 Å². The SMILES string of the molecule is C=CC[C@]1(O[Si](C#CCOC)(c2ccccc2)c2ccccc2)C=C(C)[C@@H]2C[C@H]1C2(C)C. The van der Waals surface area contributed by atoms with Crippen molar-refractivity contribution in [2.45, 2.75) is 39.2 Å². The maximum atomic E-state index is 7.54. The van der Waals surface area contributed by atoms with E-state index in [4.69, 9.17) is 9.16 Å². The van der Waals surface area contributed by atoms with E-state index in [9.17, 15) is 0 Å². The Morgan fingerprint density at radius 2 is 1.66 bits per heavy atom. The first kappa shape index (κ1) is 22.8. The predicted octanol–water partition coefficient (Wildman–Crippen LogP) is 4.89. The fourth-order valence-electron chi connectivity index (χ4n) is 6.00. The lowest BCUT2D eigenvalue weighted by Crippen LogP contribution is -2.69. The lowest BCUT2D eigenvalue weighted by atomic mass is 9.44. The fourth-order valence-corrected chi connectivity index (χ4v) is 9.41. The quantitative estimate of drug-likeness (QED) is 0.345. The van der Waals surface area contributed by atoms with Crippen molar-refractivity contribution in [1.82, 2.24) is 0 Å². The van der Waals surface area contributed by atoms with Crippen LogP contribution in [0, 0.1) is 28.7 Å². The third-order valence-corrected chi connectivity index (χ3v) is 11.0. The molecule has 2 nitrogen and oxygen atoms in total. The molecule has 32 heavy (non-hydrogen) atoms. The first-order chi connectivity index (χ1) is 15.4. The Kier molecular flexibility index (Phi) is 6.32. The van der Waals surface area contributed by atoms with Crippen LogP contribution in [0.1, 0.15) is 33.6 Å². The molecule has 0 unspecified atom stereocenters. The van der Waals surface area contributed by atoms with Gasteiger partial charge in [-0.25, -0.2) is 0 Å². The van der Waals surface area contributed by atoms with Crippen LogP contribution >= 0.6 is 0 Å². The third-order valence-electron chi connectivity index (χ3n) is 7.53. The van der Waals surface area contributed by atoms with Crippen molar-refractivity contribution in [3.8, 4) is 11.5 Å². The van der Waals surface area contributed by atoms with E-state index in [0.717, 1.165) is 6.42 Å². The van der Waals surface area contributed by atoms with E-state index in [1.165, 1.54) is 22.4 Å². The second-order valence-electron chi connectivity index (χ2n) is 9.75. The Bertz CT molecular complexity index is 1010. The summed E-state index contributed by atoms with van der Waals surface area (Å²) in [6.45, 7) is 11.6. The van der Waals surface area contributed by atoms with Crippen molar-refractivity contribution in [3.63, 3.8) is 0 Å². The summed E-state index contributed by atoms with van der Waals surface area (Å²) < 4.78 is 12.9. The molecule has 3 aliphatic rings. The molecule has 2 aromatic carbocycles. The summed E-state index contributed by atoms with van der Waals surface area (Å²) in [5.74, 6) is 4.37. The molecule has 0 amide bonds. The second-order valence-corrected chi connectivity index (χ2v) is 12.7. The lowest BCUT2D eigenvalue weighted by Gasteiger charge is -2.64. The minimum Gasteiger partial charge on any atom is -0.389 e. The van der Waals surface area contributed by atoms with Crippen molar-refractivity contribution in [2.75, 3.05) is 13.7 Å². The molecule has 2 aromatic rings. The van der Waals surface area contributed by atoms with Gasteiger partial charge in [0.15, 0.2) is 0 Å². The van der Waals surface area contributed by atoms with Gasteiger partial charge in [0.05, 0.1) is 5.60 Å². The average molecular weight is 443 g/mol. The molecule has 166 valence electrons. The van der Waals surface area contributed by atoms with Crippen LogP contribution in [0.3, 0.4) is 0 Å². The van der Waals surface area contributed by atoms with E-state index in [1.807, 2.05) is 6.08 Å². The number of benzene rings is 2. The largest absolute Gasteiger partial charge is 0.389 e. The van der Waals surface area contributed by atoms with Gasteiger partial charge in [-0.15, -0.1) is 6.58 Å². The molecule has 1 saturated carbocycles. The van der Waals surface area contributed by atoms with Gasteiger partial charge in [0.2, 0.25) is 0 Å². The van der Waals surface area contributed by atoms with Crippen molar-refractivity contribution in [3.05, 3.63) is 85.0 Å². The molecule has 0 aliphatic heterocycles. The van der Waals surface area contributed by atoms with Crippen LogP contribution in [-0.4, -0.2) is 27.6 Å². The predicted molar refractivity (Wildman–Crippen MR) is 135 cm³/mol. The molecular weight excluding hydrogens is 408 g/mol. The lowest BCUT2D eigenvalue weighted by molar-refractivity contribution is -0.124. The highest BCUT2D eigenvalue weighted by Crippen LogP contribution is 2.64. The second kappa shape index (κ2) is 8.87. The maximum Gasteiger partial charge on any atom is 0.338 e. The number of fused-ring (bicyclic) bond motifs is 1. The first-order valence-electron chi connectivity index (χ1n) is 11.5. The van der Waals surface area contributed by atoms with Gasteiger partial charge in [0, 0.05) is 7.11 Å². The van der Waals surface area contributed by atoms with Crippen LogP contribution in [0.4, 0.5) is 0 Å². The van der Waals surface area contributed by atoms with Crippen LogP contribution in [-0.2, 0) is 9.16 Å². The molecule has 3 heteroatoms. The first-order valence-corrected chi connectivity index (χ1v) is 13.4. The summed E-state index contributed by atoms with van der Waals surface area (Å²) in [4.78, 5) is 0. The summed E-state index contributed by atoms with van der Waals surface area (Å²) in [5.41, 5.74) is 4.88. The monoisotopic (exact) mass is 442 g/mol. The standard InChI is InChI=1S/C29H34O2Si/c1-6-18-29(22-23(2)26-21-27(29)28(26,3)4)31-32(20-13-19-30-5,24-14-9-7-10-15-24)25-16-11-8-12-17-25/h6-12,14-17,22,26-27H,1,18-19,21H2,2-5H3/t26-,27-,29-/m0/s1. The average Bonchev–Trinajstić information content (AvgIpc) is 2.79. The summed E-state index contributed by atoms with van der Waals surface area (Å²) in [6.07, 6.45) is 6.38. The Morgan fingerprint density at radius 1 is 1.06 bits per heavy atom. The van der Waals surface area contributed by atoms with Crippen molar-refractivity contribution < 1.29 is 9.16 Å². The van der Waals surface area contributed by atoms with E-state index >= 15 is 0 Å². The molecule has 2 bridgehead atoms. The summed E-state index contributed by atoms with van der Waals surface area (Å²) in [6, 6.07) is 21.2. The molecular formula is C29H34O2Si. The highest BCUT2D eigenvalue weighted by atomic mass is 28.4. The third kappa shape index (κ3) is 3.71. The van der Waals surface area contributed by atoms with E-state index in [-0.39, 0.29) is 5.41 Å². The molecule has 0 saturated heterocycles. The Morgan fingerprint density at radius 3 is 2.12 bits per heavy atom. The van der Waals surface area contributed by atoms with Gasteiger partial charge in [0.1, 0.15) is 6.61 Å². The summed E-state index contributed by atoms with van der Waals surface area (Å²) >= 11 is 0. The molecule has 0 radical (unpaired) electrons. The minimum atomic E-state index is -2.92. The van der Waals surface area contributed by atoms with E-state index < -0.39 is 13.9 Å². The maximum absolute atomic E-state index is 7.54. The van der Waals surface area contributed by atoms with Gasteiger partial charge in [-0.2, -0.15) is 0 Å². The molecule has 1 fully saturated rings. The van der Waals surface area contributed by atoms with E-state index in [1.54, 1.807) is 7.11 Å². The van der Waals surface area contributed by atoms with Crippen molar-refractivity contribution in [1.29, 1.82) is 0 Å². The zero-order valence-electron chi connectivity index (χ0n) is 19.7. The Labute approximate surface area is 194 Å². The van der Waals surface area contributed by atoms with Crippen LogP contribution in [0.2, 0.25) is 0 Å². The minimum absolute atomic E-state index is 0.204. The summed E-state index contributed by atoms with van der Waals surface area (Å²) in [7, 11) is -1.24. The Hall–Kier alpha value is -2.38. The van der Waals surface area contributed by atoms with Crippen molar-refractivity contribution >= 4 is 18.7 Å². The van der Waals surface area contributed by atoms with Crippen LogP contribution in [0.15, 0.2) is 85.0 Å². The van der Waals surface area contributed by atoms with Gasteiger partial charge in [0.25, 0.3) is 0 Å². The number of methoxy groups -OCH3 is 1. The zero-order valence-corrected chi connectivity index (χ0v) is 20.7. The highest BCUT2D eigenvalue weighted by Gasteiger charge is 2.62. The van der Waals surface area contributed by atoms with Crippen molar-refractivity contribution in [2.24, 2.45) is 17.3 Å². The fraction of sp³-hybridized carbons (Fsp3) is 0.379. The van der Waals surface area contributed by atoms with Crippen LogP contribution in [0.25, 0.3) is 0 Å². The Balaban J connectivity index is 1.95. The normalized spacial score (nSPS) is 25.7. The van der Waals surface area contributed by atoms with Gasteiger partial charge >= 0.3 is 8.32 Å². The summed E-state index contributed by atoms with van der Waals surface area (Å²) in [5, 5.41) is 2.34. The van der Waals surface area contributed by atoms with Gasteiger partial charge in [-0.3, -0.25) is 0 Å². The van der Waals surface area contributed by atoms with Gasteiger partial charge < -0.3 is 9.16 Å². The molecule has 3 atom stereocenters. The number of rotatable bonds is 7. The molecule has 3 aliphatic carbocycles. The molecule has 0 N–H and O–H groups in total. The number of ether oxygens (including phenoxy) is 1. The topological polar surface area (TPSA) is 18.5 Å². The number of hydrogen-bond acceptors (Lipinski definition) is 2. The molecule has 5 rings (SSSR count). The van der Waals surface area contributed by atoms with Gasteiger partial charge in [-0.1, -0.05) is 104 Å². The number of hydrogen-bond donors (Lipinski definition) is 0. The number of allylic oxidation sites excluding steroid dienone is 1. The highest BCUT2D eigenvalue weighted by molar-refractivity contribution is 7.03. The molecule has 0 spiro atoms.